The van der Waals surface area contributed by atoms with Crippen molar-refractivity contribution in [2.45, 2.75) is 46.5 Å². The van der Waals surface area contributed by atoms with E-state index in [1.807, 2.05) is 0 Å². The number of unbranched alkanes of at least 4 members (excludes halogenated alkanes) is 3. The van der Waals surface area contributed by atoms with Crippen LogP contribution in [-0.4, -0.2) is 17.3 Å². The zero-order valence-electron chi connectivity index (χ0n) is 11.1. The van der Waals surface area contributed by atoms with Gasteiger partial charge in [-0.1, -0.05) is 19.8 Å². The van der Waals surface area contributed by atoms with E-state index in [1.54, 1.807) is 0 Å². The van der Waals surface area contributed by atoms with Crippen LogP contribution >= 0.6 is 7.81 Å². The first kappa shape index (κ1) is 20.7. The molecule has 0 aromatic carbocycles. The van der Waals surface area contributed by atoms with Gasteiger partial charge in [0.1, 0.15) is 17.3 Å². The zero-order valence-corrected chi connectivity index (χ0v) is 12.8. The summed E-state index contributed by atoms with van der Waals surface area (Å²) in [5, 5.41) is 0. The molecule has 0 radical (unpaired) electrons. The van der Waals surface area contributed by atoms with Gasteiger partial charge in [-0.15, -0.1) is 0 Å². The Bertz CT molecular complexity index is 196. The molecule has 8 heteroatoms. The van der Waals surface area contributed by atoms with E-state index in [2.05, 4.69) is 20.8 Å². The van der Waals surface area contributed by atoms with E-state index in [1.165, 1.54) is 42.9 Å². The van der Waals surface area contributed by atoms with E-state index in [9.17, 15) is 25.2 Å². The van der Waals surface area contributed by atoms with Crippen molar-refractivity contribution in [1.82, 2.24) is 0 Å². The van der Waals surface area contributed by atoms with Gasteiger partial charge in [0.2, 0.25) is 0 Å². The van der Waals surface area contributed by atoms with Gasteiger partial charge >= 0.3 is 33.0 Å². The van der Waals surface area contributed by atoms with Gasteiger partial charge in [0.05, 0.1) is 0 Å². The molecular formula is C10H23F6PS. The number of hydrogen-bond donors (Lipinski definition) is 0. The Labute approximate surface area is 108 Å². The van der Waals surface area contributed by atoms with E-state index >= 15 is 0 Å². The van der Waals surface area contributed by atoms with Crippen molar-refractivity contribution >= 4 is 18.7 Å². The van der Waals surface area contributed by atoms with Gasteiger partial charge in [0.25, 0.3) is 0 Å². The molecule has 0 N–H and O–H groups in total. The van der Waals surface area contributed by atoms with Gasteiger partial charge in [-0.3, -0.25) is 0 Å². The molecule has 0 aliphatic carbocycles. The molecule has 0 unspecified atom stereocenters. The summed E-state index contributed by atoms with van der Waals surface area (Å²) in [6, 6.07) is 0. The van der Waals surface area contributed by atoms with Crippen LogP contribution in [0.5, 0.6) is 0 Å². The summed E-state index contributed by atoms with van der Waals surface area (Å²) in [4.78, 5) is 0. The molecule has 0 bridgehead atoms. The third-order valence-corrected chi connectivity index (χ3v) is 4.60. The van der Waals surface area contributed by atoms with Crippen LogP contribution in [0.25, 0.3) is 0 Å². The standard InChI is InChI=1S/C10H23S.F6P/c1-4-7-8-9-10-11(5-2)6-3;1-7(2,3,4,5)6/h4-10H2,1-3H3;/q+1;-1. The SMILES string of the molecule is CCCCCC[S+](CC)CC.F[P-](F)(F)(F)(F)F. The molecule has 0 aliphatic heterocycles. The normalized spacial score (nSPS) is 15.7. The van der Waals surface area contributed by atoms with Gasteiger partial charge < -0.3 is 0 Å². The minimum atomic E-state index is -10.7. The molecule has 0 saturated heterocycles. The molecule has 0 spiro atoms. The molecule has 0 rings (SSSR count). The topological polar surface area (TPSA) is 0 Å². The van der Waals surface area contributed by atoms with Crippen molar-refractivity contribution in [1.29, 1.82) is 0 Å². The van der Waals surface area contributed by atoms with Crippen LogP contribution < -0.4 is 0 Å². The minimum absolute atomic E-state index is 0.758. The predicted molar refractivity (Wildman–Crippen MR) is 71.0 cm³/mol. The molecule has 0 aromatic heterocycles. The maximum atomic E-state index is 9.87. The summed E-state index contributed by atoms with van der Waals surface area (Å²) in [7, 11) is -9.90. The van der Waals surface area contributed by atoms with Crippen LogP contribution in [0, 0.1) is 0 Å². The summed E-state index contributed by atoms with van der Waals surface area (Å²) in [5.74, 6) is 4.30. The van der Waals surface area contributed by atoms with Crippen molar-refractivity contribution in [2.75, 3.05) is 17.3 Å². The average molecular weight is 320 g/mol. The first-order valence-corrected chi connectivity index (χ1v) is 9.76. The van der Waals surface area contributed by atoms with Crippen molar-refractivity contribution < 1.29 is 25.2 Å². The van der Waals surface area contributed by atoms with Crippen LogP contribution in [0.4, 0.5) is 25.2 Å². The average Bonchev–Trinajstić information content (AvgIpc) is 2.13. The monoisotopic (exact) mass is 320 g/mol. The molecular weight excluding hydrogens is 297 g/mol. The van der Waals surface area contributed by atoms with Crippen LogP contribution in [0.3, 0.4) is 0 Å². The van der Waals surface area contributed by atoms with E-state index in [0.717, 1.165) is 10.9 Å². The van der Waals surface area contributed by atoms with Crippen molar-refractivity contribution in [3.63, 3.8) is 0 Å². The molecule has 0 aromatic rings. The van der Waals surface area contributed by atoms with E-state index < -0.39 is 7.81 Å². The molecule has 0 heterocycles. The van der Waals surface area contributed by atoms with Gasteiger partial charge in [0.15, 0.2) is 0 Å². The Balaban J connectivity index is 0. The molecule has 0 aliphatic rings. The second kappa shape index (κ2) is 7.22. The fourth-order valence-corrected chi connectivity index (χ4v) is 2.82. The first-order valence-electron chi connectivity index (χ1n) is 6.00. The molecule has 0 fully saturated rings. The molecule has 0 amide bonds. The van der Waals surface area contributed by atoms with E-state index in [4.69, 9.17) is 0 Å². The fraction of sp³-hybridized carbons (Fsp3) is 1.00. The number of halogens is 6. The summed E-state index contributed by atoms with van der Waals surface area (Å²) in [5.41, 5.74) is 0. The number of rotatable bonds is 7. The van der Waals surface area contributed by atoms with Crippen molar-refractivity contribution in [3.05, 3.63) is 0 Å². The summed E-state index contributed by atoms with van der Waals surface area (Å²) in [6.45, 7) is 6.93. The molecule has 0 atom stereocenters. The molecule has 18 heavy (non-hydrogen) atoms. The Morgan fingerprint density at radius 2 is 1.11 bits per heavy atom. The van der Waals surface area contributed by atoms with Crippen molar-refractivity contribution in [3.8, 4) is 0 Å². The van der Waals surface area contributed by atoms with Crippen LogP contribution in [0.2, 0.25) is 0 Å². The molecule has 0 saturated carbocycles. The quantitative estimate of drug-likeness (QED) is 0.214. The zero-order chi connectivity index (χ0) is 14.9. The third kappa shape index (κ3) is 36.0. The molecule has 116 valence electrons. The Hall–Kier alpha value is 0.360. The number of hydrogen-bond acceptors (Lipinski definition) is 0. The van der Waals surface area contributed by atoms with Gasteiger partial charge in [-0.2, -0.15) is 0 Å². The fourth-order valence-electron chi connectivity index (χ4n) is 1.23. The van der Waals surface area contributed by atoms with Gasteiger partial charge in [-0.25, -0.2) is 0 Å². The second-order valence-electron chi connectivity index (χ2n) is 3.91. The van der Waals surface area contributed by atoms with E-state index in [0.29, 0.717) is 0 Å². The summed E-state index contributed by atoms with van der Waals surface area (Å²) >= 11 is 0. The van der Waals surface area contributed by atoms with Gasteiger partial charge in [0, 0.05) is 0 Å². The Morgan fingerprint density at radius 3 is 1.39 bits per heavy atom. The van der Waals surface area contributed by atoms with Crippen molar-refractivity contribution in [2.24, 2.45) is 0 Å². The van der Waals surface area contributed by atoms with Crippen LogP contribution in [-0.2, 0) is 10.9 Å². The predicted octanol–water partition coefficient (Wildman–Crippen LogP) is 6.61. The maximum absolute atomic E-state index is 10.7. The second-order valence-corrected chi connectivity index (χ2v) is 8.62. The van der Waals surface area contributed by atoms with Gasteiger partial charge in [-0.05, 0) is 37.6 Å². The van der Waals surface area contributed by atoms with E-state index in [-0.39, 0.29) is 0 Å². The Morgan fingerprint density at radius 1 is 0.722 bits per heavy atom. The molecule has 0 nitrogen and oxygen atoms in total. The first-order chi connectivity index (χ1) is 7.80. The van der Waals surface area contributed by atoms with Crippen LogP contribution in [0.1, 0.15) is 46.5 Å². The Kier molecular flexibility index (Phi) is 8.30. The third-order valence-electron chi connectivity index (χ3n) is 2.10. The summed E-state index contributed by atoms with van der Waals surface area (Å²) < 4.78 is 59.2. The van der Waals surface area contributed by atoms with Crippen LogP contribution in [0.15, 0.2) is 0 Å². The summed E-state index contributed by atoms with van der Waals surface area (Å²) in [6.07, 6.45) is 5.73.